The Hall–Kier alpha value is -1.86. The standard InChI is InChI=1S/C20H20BrF3N2O/c21-16-9-7-14(8-10-16)12-26-11-3-4-15(13-26)19(27)25-18-6-2-1-5-17(18)20(22,23)24/h1-2,5-10,15H,3-4,11-13H2,(H,25,27). The summed E-state index contributed by atoms with van der Waals surface area (Å²) >= 11 is 3.40. The molecule has 3 rings (SSSR count). The third kappa shape index (κ3) is 5.32. The average Bonchev–Trinajstić information content (AvgIpc) is 2.63. The molecule has 0 aromatic heterocycles. The fraction of sp³-hybridized carbons (Fsp3) is 0.350. The fourth-order valence-electron chi connectivity index (χ4n) is 3.34. The third-order valence-electron chi connectivity index (χ3n) is 4.69. The quantitative estimate of drug-likeness (QED) is 0.697. The van der Waals surface area contributed by atoms with Crippen LogP contribution in [0.4, 0.5) is 18.9 Å². The number of likely N-dealkylation sites (tertiary alicyclic amines) is 1. The summed E-state index contributed by atoms with van der Waals surface area (Å²) in [7, 11) is 0. The lowest BCUT2D eigenvalue weighted by molar-refractivity contribution is -0.137. The molecule has 0 aliphatic carbocycles. The number of nitrogens with one attached hydrogen (secondary N) is 1. The fourth-order valence-corrected chi connectivity index (χ4v) is 3.60. The molecule has 2 aromatic carbocycles. The van der Waals surface area contributed by atoms with E-state index in [0.717, 1.165) is 35.6 Å². The first kappa shape index (κ1) is 19.9. The Balaban J connectivity index is 1.64. The highest BCUT2D eigenvalue weighted by molar-refractivity contribution is 9.10. The average molecular weight is 441 g/mol. The van der Waals surface area contributed by atoms with E-state index in [4.69, 9.17) is 0 Å². The highest BCUT2D eigenvalue weighted by Crippen LogP contribution is 2.35. The van der Waals surface area contributed by atoms with Crippen molar-refractivity contribution in [2.45, 2.75) is 25.6 Å². The molecule has 144 valence electrons. The normalized spacial score (nSPS) is 18.3. The predicted molar refractivity (Wildman–Crippen MR) is 102 cm³/mol. The molecule has 1 unspecified atom stereocenters. The van der Waals surface area contributed by atoms with Crippen LogP contribution in [0.3, 0.4) is 0 Å². The van der Waals surface area contributed by atoms with Gasteiger partial charge < -0.3 is 5.32 Å². The summed E-state index contributed by atoms with van der Waals surface area (Å²) in [5.41, 5.74) is 0.141. The van der Waals surface area contributed by atoms with Crippen LogP contribution in [0.25, 0.3) is 0 Å². The van der Waals surface area contributed by atoms with Crippen molar-refractivity contribution in [3.8, 4) is 0 Å². The number of nitrogens with zero attached hydrogens (tertiary/aromatic N) is 1. The van der Waals surface area contributed by atoms with Gasteiger partial charge in [0.2, 0.25) is 5.91 Å². The van der Waals surface area contributed by atoms with Crippen molar-refractivity contribution in [3.05, 3.63) is 64.1 Å². The minimum Gasteiger partial charge on any atom is -0.325 e. The zero-order valence-corrected chi connectivity index (χ0v) is 16.2. The Morgan fingerprint density at radius 3 is 2.56 bits per heavy atom. The summed E-state index contributed by atoms with van der Waals surface area (Å²) in [6.45, 7) is 2.13. The molecular weight excluding hydrogens is 421 g/mol. The molecule has 27 heavy (non-hydrogen) atoms. The van der Waals surface area contributed by atoms with Gasteiger partial charge >= 0.3 is 6.18 Å². The summed E-state index contributed by atoms with van der Waals surface area (Å²) in [5.74, 6) is -0.678. The van der Waals surface area contributed by atoms with Gasteiger partial charge in [-0.3, -0.25) is 9.69 Å². The van der Waals surface area contributed by atoms with E-state index in [1.54, 1.807) is 0 Å². The molecule has 0 bridgehead atoms. The predicted octanol–water partition coefficient (Wildman–Crippen LogP) is 5.32. The number of alkyl halides is 3. The molecule has 1 aliphatic heterocycles. The topological polar surface area (TPSA) is 32.3 Å². The van der Waals surface area contributed by atoms with Crippen LogP contribution in [0.1, 0.15) is 24.0 Å². The van der Waals surface area contributed by atoms with Gasteiger partial charge in [-0.25, -0.2) is 0 Å². The van der Waals surface area contributed by atoms with Crippen LogP contribution < -0.4 is 5.32 Å². The maximum atomic E-state index is 13.1. The summed E-state index contributed by atoms with van der Waals surface area (Å²) in [6.07, 6.45) is -2.98. The number of benzene rings is 2. The van der Waals surface area contributed by atoms with Crippen LogP contribution in [0.5, 0.6) is 0 Å². The minimum absolute atomic E-state index is 0.181. The minimum atomic E-state index is -4.50. The maximum Gasteiger partial charge on any atom is 0.418 e. The van der Waals surface area contributed by atoms with E-state index in [-0.39, 0.29) is 17.5 Å². The van der Waals surface area contributed by atoms with Crippen LogP contribution in [-0.2, 0) is 17.5 Å². The van der Waals surface area contributed by atoms with Crippen molar-refractivity contribution in [2.24, 2.45) is 5.92 Å². The summed E-state index contributed by atoms with van der Waals surface area (Å²) in [5, 5.41) is 2.49. The third-order valence-corrected chi connectivity index (χ3v) is 5.21. The number of carbonyl (C=O) groups excluding carboxylic acids is 1. The van der Waals surface area contributed by atoms with Gasteiger partial charge in [0.25, 0.3) is 0 Å². The van der Waals surface area contributed by atoms with E-state index >= 15 is 0 Å². The first-order valence-electron chi connectivity index (χ1n) is 8.77. The van der Waals surface area contributed by atoms with Crippen molar-refractivity contribution >= 4 is 27.5 Å². The zero-order chi connectivity index (χ0) is 19.4. The van der Waals surface area contributed by atoms with Gasteiger partial charge in [-0.15, -0.1) is 0 Å². The van der Waals surface area contributed by atoms with Crippen LogP contribution in [0, 0.1) is 5.92 Å². The van der Waals surface area contributed by atoms with Gasteiger partial charge in [0.05, 0.1) is 17.2 Å². The number of halogens is 4. The van der Waals surface area contributed by atoms with Gasteiger partial charge in [-0.05, 0) is 49.2 Å². The number of para-hydroxylation sites is 1. The van der Waals surface area contributed by atoms with E-state index in [1.165, 1.54) is 18.2 Å². The highest BCUT2D eigenvalue weighted by Gasteiger charge is 2.34. The molecular formula is C20H20BrF3N2O. The molecule has 1 aliphatic rings. The molecule has 2 aromatic rings. The molecule has 0 spiro atoms. The first-order chi connectivity index (χ1) is 12.8. The Morgan fingerprint density at radius 1 is 1.15 bits per heavy atom. The Kier molecular flexibility index (Phi) is 6.22. The smallest absolute Gasteiger partial charge is 0.325 e. The maximum absolute atomic E-state index is 13.1. The molecule has 1 atom stereocenters. The summed E-state index contributed by atoms with van der Waals surface area (Å²) in [6, 6.07) is 13.1. The second-order valence-electron chi connectivity index (χ2n) is 6.73. The Labute approximate surface area is 164 Å². The second-order valence-corrected chi connectivity index (χ2v) is 7.65. The van der Waals surface area contributed by atoms with Crippen LogP contribution in [0.15, 0.2) is 53.0 Å². The van der Waals surface area contributed by atoms with Gasteiger partial charge in [0, 0.05) is 17.6 Å². The first-order valence-corrected chi connectivity index (χ1v) is 9.56. The van der Waals surface area contributed by atoms with Crippen LogP contribution >= 0.6 is 15.9 Å². The number of carbonyl (C=O) groups is 1. The number of rotatable bonds is 4. The zero-order valence-electron chi connectivity index (χ0n) is 14.6. The lowest BCUT2D eigenvalue weighted by Gasteiger charge is -2.32. The lowest BCUT2D eigenvalue weighted by atomic mass is 9.96. The monoisotopic (exact) mass is 440 g/mol. The number of anilines is 1. The molecule has 0 saturated carbocycles. The summed E-state index contributed by atoms with van der Waals surface area (Å²) in [4.78, 5) is 14.8. The van der Waals surface area contributed by atoms with E-state index in [0.29, 0.717) is 13.0 Å². The molecule has 1 amide bonds. The number of hydrogen-bond donors (Lipinski definition) is 1. The lowest BCUT2D eigenvalue weighted by Crippen LogP contribution is -2.40. The van der Waals surface area contributed by atoms with Crippen molar-refractivity contribution in [1.29, 1.82) is 0 Å². The molecule has 3 nitrogen and oxygen atoms in total. The molecule has 1 N–H and O–H groups in total. The van der Waals surface area contributed by atoms with Gasteiger partial charge in [0.1, 0.15) is 0 Å². The van der Waals surface area contributed by atoms with Crippen molar-refractivity contribution in [1.82, 2.24) is 4.90 Å². The molecule has 1 heterocycles. The summed E-state index contributed by atoms with van der Waals surface area (Å²) < 4.78 is 40.3. The van der Waals surface area contributed by atoms with Gasteiger partial charge in [-0.2, -0.15) is 13.2 Å². The van der Waals surface area contributed by atoms with Crippen molar-refractivity contribution in [2.75, 3.05) is 18.4 Å². The number of hydrogen-bond acceptors (Lipinski definition) is 2. The Morgan fingerprint density at radius 2 is 1.85 bits per heavy atom. The van der Waals surface area contributed by atoms with E-state index < -0.39 is 11.7 Å². The van der Waals surface area contributed by atoms with Crippen LogP contribution in [0.2, 0.25) is 0 Å². The molecule has 1 saturated heterocycles. The second kappa shape index (κ2) is 8.44. The van der Waals surface area contributed by atoms with Crippen molar-refractivity contribution < 1.29 is 18.0 Å². The number of piperidine rings is 1. The van der Waals surface area contributed by atoms with Crippen LogP contribution in [-0.4, -0.2) is 23.9 Å². The SMILES string of the molecule is O=C(Nc1ccccc1C(F)(F)F)C1CCCN(Cc2ccc(Br)cc2)C1. The van der Waals surface area contributed by atoms with E-state index in [9.17, 15) is 18.0 Å². The molecule has 1 fully saturated rings. The molecule has 7 heteroatoms. The van der Waals surface area contributed by atoms with E-state index in [1.807, 2.05) is 24.3 Å². The van der Waals surface area contributed by atoms with Gasteiger partial charge in [-0.1, -0.05) is 40.2 Å². The molecule has 0 radical (unpaired) electrons. The van der Waals surface area contributed by atoms with E-state index in [2.05, 4.69) is 26.1 Å². The number of amides is 1. The van der Waals surface area contributed by atoms with Gasteiger partial charge in [0.15, 0.2) is 0 Å². The largest absolute Gasteiger partial charge is 0.418 e. The Bertz CT molecular complexity index is 793. The highest BCUT2D eigenvalue weighted by atomic mass is 79.9. The van der Waals surface area contributed by atoms with Crippen molar-refractivity contribution in [3.63, 3.8) is 0 Å².